The van der Waals surface area contributed by atoms with E-state index in [9.17, 15) is 9.90 Å². The number of methoxy groups -OCH3 is 1. The summed E-state index contributed by atoms with van der Waals surface area (Å²) in [5.41, 5.74) is 2.08. The fourth-order valence-corrected chi connectivity index (χ4v) is 4.07. The lowest BCUT2D eigenvalue weighted by Crippen LogP contribution is -2.32. The zero-order valence-corrected chi connectivity index (χ0v) is 20.1. The van der Waals surface area contributed by atoms with Crippen molar-refractivity contribution in [3.63, 3.8) is 0 Å². The van der Waals surface area contributed by atoms with Gasteiger partial charge < -0.3 is 19.3 Å². The smallest absolute Gasteiger partial charge is 0.168 e. The van der Waals surface area contributed by atoms with Crippen LogP contribution in [0.4, 0.5) is 5.69 Å². The molecule has 0 aromatic heterocycles. The highest BCUT2D eigenvalue weighted by molar-refractivity contribution is 6.25. The summed E-state index contributed by atoms with van der Waals surface area (Å²) in [4.78, 5) is 17.9. The molecule has 0 radical (unpaired) electrons. The van der Waals surface area contributed by atoms with E-state index in [0.717, 1.165) is 5.56 Å². The molecule has 0 aliphatic heterocycles. The minimum Gasteiger partial charge on any atom is -0.511 e. The number of ketones is 1. The van der Waals surface area contributed by atoms with Crippen molar-refractivity contribution < 1.29 is 24.1 Å². The predicted molar refractivity (Wildman–Crippen MR) is 130 cm³/mol. The van der Waals surface area contributed by atoms with Crippen LogP contribution in [-0.4, -0.2) is 36.9 Å². The summed E-state index contributed by atoms with van der Waals surface area (Å²) in [6, 6.07) is 13.0. The molecule has 0 saturated heterocycles. The van der Waals surface area contributed by atoms with E-state index in [2.05, 4.69) is 0 Å². The van der Waals surface area contributed by atoms with E-state index in [1.807, 2.05) is 70.2 Å². The minimum atomic E-state index is -0.247. The molecule has 0 spiro atoms. The monoisotopic (exact) mass is 451 g/mol. The second kappa shape index (κ2) is 10.6. The minimum absolute atomic E-state index is 0.00996. The number of Topliss-reactive ketones (excluding diaryl/α,β-unsaturated/α-hetero) is 1. The quantitative estimate of drug-likeness (QED) is 0.393. The molecule has 0 unspecified atom stereocenters. The van der Waals surface area contributed by atoms with Crippen LogP contribution in [0.1, 0.15) is 46.1 Å². The molecule has 2 aromatic carbocycles. The molecular formula is C27H33NO5. The summed E-state index contributed by atoms with van der Waals surface area (Å²) in [6.07, 6.45) is 1.12. The lowest BCUT2D eigenvalue weighted by molar-refractivity contribution is -0.117. The summed E-state index contributed by atoms with van der Waals surface area (Å²) in [5.74, 6) is 1.80. The van der Waals surface area contributed by atoms with E-state index in [0.29, 0.717) is 60.3 Å². The number of aliphatic imine (C=N–C) groups is 1. The third-order valence-corrected chi connectivity index (χ3v) is 5.46. The zero-order chi connectivity index (χ0) is 24.0. The van der Waals surface area contributed by atoms with Gasteiger partial charge in [0.1, 0.15) is 17.2 Å². The van der Waals surface area contributed by atoms with Gasteiger partial charge in [0.05, 0.1) is 31.6 Å². The molecule has 0 amide bonds. The Labute approximate surface area is 195 Å². The number of rotatable bonds is 8. The van der Waals surface area contributed by atoms with E-state index in [1.165, 1.54) is 0 Å². The van der Waals surface area contributed by atoms with Crippen molar-refractivity contribution >= 4 is 17.2 Å². The first kappa shape index (κ1) is 24.4. The van der Waals surface area contributed by atoms with Gasteiger partial charge in [-0.1, -0.05) is 32.0 Å². The van der Waals surface area contributed by atoms with E-state index in [4.69, 9.17) is 19.2 Å². The first-order chi connectivity index (χ1) is 15.8. The van der Waals surface area contributed by atoms with Gasteiger partial charge in [-0.15, -0.1) is 0 Å². The number of aliphatic hydroxyl groups excluding tert-OH is 1. The molecule has 0 heterocycles. The Morgan fingerprint density at radius 2 is 1.70 bits per heavy atom. The van der Waals surface area contributed by atoms with Crippen LogP contribution in [0.3, 0.4) is 0 Å². The number of aliphatic hydroxyl groups is 1. The van der Waals surface area contributed by atoms with Crippen LogP contribution in [0.2, 0.25) is 0 Å². The third kappa shape index (κ3) is 5.95. The Morgan fingerprint density at radius 1 is 1.00 bits per heavy atom. The van der Waals surface area contributed by atoms with Crippen molar-refractivity contribution in [2.45, 2.75) is 47.0 Å². The van der Waals surface area contributed by atoms with Crippen molar-refractivity contribution in [3.8, 4) is 17.2 Å². The molecule has 6 nitrogen and oxygen atoms in total. The fourth-order valence-electron chi connectivity index (χ4n) is 4.07. The first-order valence-corrected chi connectivity index (χ1v) is 11.3. The Hall–Kier alpha value is -3.28. The standard InChI is InChI=1S/C27H33NO5/c1-6-32-24-13-12-18(15-25(24)33-7-2)14-21(29)26-20(16-27(3,4)17-22(26)30)28-19-10-8-9-11-23(19)31-5/h8-13,15,29H,6-7,14,16-17H2,1-5H3/b26-21+,28-20?. The summed E-state index contributed by atoms with van der Waals surface area (Å²) < 4.78 is 16.8. The zero-order valence-electron chi connectivity index (χ0n) is 20.1. The molecule has 1 aliphatic rings. The van der Waals surface area contributed by atoms with Crippen molar-refractivity contribution in [2.24, 2.45) is 10.4 Å². The highest BCUT2D eigenvalue weighted by Gasteiger charge is 2.36. The van der Waals surface area contributed by atoms with Crippen LogP contribution >= 0.6 is 0 Å². The number of benzene rings is 2. The van der Waals surface area contributed by atoms with Crippen LogP contribution in [-0.2, 0) is 11.2 Å². The van der Waals surface area contributed by atoms with Crippen LogP contribution in [0, 0.1) is 5.41 Å². The number of carbonyl (C=O) groups excluding carboxylic acids is 1. The summed E-state index contributed by atoms with van der Waals surface area (Å²) >= 11 is 0. The van der Waals surface area contributed by atoms with Gasteiger partial charge in [-0.3, -0.25) is 4.79 Å². The van der Waals surface area contributed by atoms with Gasteiger partial charge in [0.15, 0.2) is 17.3 Å². The number of hydrogen-bond donors (Lipinski definition) is 1. The fraction of sp³-hybridized carbons (Fsp3) is 0.407. The molecular weight excluding hydrogens is 418 g/mol. The van der Waals surface area contributed by atoms with E-state index < -0.39 is 0 Å². The lowest BCUT2D eigenvalue weighted by atomic mass is 9.73. The van der Waals surface area contributed by atoms with Gasteiger partial charge in [-0.25, -0.2) is 4.99 Å². The van der Waals surface area contributed by atoms with Crippen molar-refractivity contribution in [3.05, 3.63) is 59.4 Å². The summed E-state index contributed by atoms with van der Waals surface area (Å²) in [7, 11) is 1.59. The van der Waals surface area contributed by atoms with Gasteiger partial charge in [-0.05, 0) is 55.5 Å². The normalized spacial score (nSPS) is 18.2. The number of nitrogens with zero attached hydrogens (tertiary/aromatic N) is 1. The topological polar surface area (TPSA) is 77.4 Å². The van der Waals surface area contributed by atoms with Gasteiger partial charge in [0, 0.05) is 12.8 Å². The van der Waals surface area contributed by atoms with Crippen LogP contribution in [0.25, 0.3) is 0 Å². The number of allylic oxidation sites excluding steroid dienone is 2. The number of ether oxygens (including phenoxy) is 3. The SMILES string of the molecule is CCOc1ccc(C/C(O)=C2\C(=O)CC(C)(C)CC2=Nc2ccccc2OC)cc1OCC. The van der Waals surface area contributed by atoms with Crippen LogP contribution < -0.4 is 14.2 Å². The number of carbonyl (C=O) groups is 1. The molecule has 1 N–H and O–H groups in total. The number of para-hydroxylation sites is 2. The van der Waals surface area contributed by atoms with Crippen LogP contribution in [0.15, 0.2) is 58.8 Å². The second-order valence-corrected chi connectivity index (χ2v) is 8.82. The van der Waals surface area contributed by atoms with Gasteiger partial charge in [0.25, 0.3) is 0 Å². The Balaban J connectivity index is 2.02. The van der Waals surface area contributed by atoms with Crippen molar-refractivity contribution in [1.29, 1.82) is 0 Å². The Bertz CT molecular complexity index is 1070. The van der Waals surface area contributed by atoms with Gasteiger partial charge in [0.2, 0.25) is 0 Å². The molecule has 1 aliphatic carbocycles. The predicted octanol–water partition coefficient (Wildman–Crippen LogP) is 6.01. The summed E-state index contributed by atoms with van der Waals surface area (Å²) in [5, 5.41) is 11.1. The number of hydrogen-bond acceptors (Lipinski definition) is 6. The van der Waals surface area contributed by atoms with Crippen LogP contribution in [0.5, 0.6) is 17.2 Å². The third-order valence-electron chi connectivity index (χ3n) is 5.46. The average molecular weight is 452 g/mol. The van der Waals surface area contributed by atoms with Crippen molar-refractivity contribution in [2.75, 3.05) is 20.3 Å². The molecule has 1 saturated carbocycles. The highest BCUT2D eigenvalue weighted by atomic mass is 16.5. The van der Waals surface area contributed by atoms with Crippen molar-refractivity contribution in [1.82, 2.24) is 0 Å². The lowest BCUT2D eigenvalue weighted by Gasteiger charge is -2.31. The molecule has 0 bridgehead atoms. The van der Waals surface area contributed by atoms with E-state index in [-0.39, 0.29) is 23.4 Å². The molecule has 1 fully saturated rings. The molecule has 176 valence electrons. The summed E-state index contributed by atoms with van der Waals surface area (Å²) in [6.45, 7) is 8.93. The maximum Gasteiger partial charge on any atom is 0.168 e. The second-order valence-electron chi connectivity index (χ2n) is 8.82. The Kier molecular flexibility index (Phi) is 7.79. The highest BCUT2D eigenvalue weighted by Crippen LogP contribution is 2.38. The Morgan fingerprint density at radius 3 is 2.39 bits per heavy atom. The van der Waals surface area contributed by atoms with E-state index in [1.54, 1.807) is 7.11 Å². The maximum atomic E-state index is 13.1. The van der Waals surface area contributed by atoms with Gasteiger partial charge >= 0.3 is 0 Å². The van der Waals surface area contributed by atoms with E-state index >= 15 is 0 Å². The molecule has 33 heavy (non-hydrogen) atoms. The molecule has 6 heteroatoms. The molecule has 3 rings (SSSR count). The maximum absolute atomic E-state index is 13.1. The first-order valence-electron chi connectivity index (χ1n) is 11.3. The molecule has 2 aromatic rings. The molecule has 0 atom stereocenters. The van der Waals surface area contributed by atoms with Gasteiger partial charge in [-0.2, -0.15) is 0 Å². The average Bonchev–Trinajstić information content (AvgIpc) is 2.75. The largest absolute Gasteiger partial charge is 0.511 e.